The summed E-state index contributed by atoms with van der Waals surface area (Å²) in [5.74, 6) is 2.13. The van der Waals surface area contributed by atoms with Crippen LogP contribution in [0.25, 0.3) is 0 Å². The average Bonchev–Trinajstić information content (AvgIpc) is 2.33. The van der Waals surface area contributed by atoms with Gasteiger partial charge >= 0.3 is 6.00 Å². The van der Waals surface area contributed by atoms with Crippen molar-refractivity contribution in [3.63, 3.8) is 0 Å². The highest BCUT2D eigenvalue weighted by Gasteiger charge is 2.40. The standard InChI is InChI=1S/C12H19Cl3O3Si2/c1-16-9-6-10(17-2)12(11(7-9)18-3)19(4,5)8-20(13,14)15/h6-7H,8H2,1-5H3. The van der Waals surface area contributed by atoms with Crippen LogP contribution < -0.4 is 19.4 Å². The lowest BCUT2D eigenvalue weighted by atomic mass is 10.3. The van der Waals surface area contributed by atoms with E-state index in [-0.39, 0.29) is 0 Å². The first-order chi connectivity index (χ1) is 9.14. The summed E-state index contributed by atoms with van der Waals surface area (Å²) in [5.41, 5.74) is 0.601. The molecule has 1 aromatic carbocycles. The normalized spacial score (nSPS) is 12.2. The molecule has 0 aliphatic carbocycles. The number of methoxy groups -OCH3 is 3. The molecule has 0 N–H and O–H groups in total. The summed E-state index contributed by atoms with van der Waals surface area (Å²) in [4.78, 5) is 0. The molecular formula is C12H19Cl3O3Si2. The Balaban J connectivity index is 3.41. The summed E-state index contributed by atoms with van der Waals surface area (Å²) in [6, 6.07) is 0.947. The third-order valence-electron chi connectivity index (χ3n) is 3.03. The second-order valence-electron chi connectivity index (χ2n) is 5.08. The van der Waals surface area contributed by atoms with Crippen molar-refractivity contribution >= 4 is 52.5 Å². The first-order valence-corrected chi connectivity index (χ1v) is 14.5. The van der Waals surface area contributed by atoms with Crippen molar-refractivity contribution in [2.75, 3.05) is 21.3 Å². The van der Waals surface area contributed by atoms with Crippen LogP contribution in [0.5, 0.6) is 17.2 Å². The van der Waals surface area contributed by atoms with Gasteiger partial charge in [-0.05, 0) is 5.67 Å². The van der Waals surface area contributed by atoms with Gasteiger partial charge in [-0.1, -0.05) is 13.1 Å². The minimum absolute atomic E-state index is 0.601. The van der Waals surface area contributed by atoms with E-state index in [1.54, 1.807) is 21.3 Å². The van der Waals surface area contributed by atoms with Crippen molar-refractivity contribution in [3.05, 3.63) is 12.1 Å². The highest BCUT2D eigenvalue weighted by Crippen LogP contribution is 2.35. The monoisotopic (exact) mass is 372 g/mol. The molecule has 0 atom stereocenters. The molecule has 0 fully saturated rings. The number of hydrogen-bond donors (Lipinski definition) is 0. The Labute approximate surface area is 136 Å². The molecule has 0 unspecified atom stereocenters. The van der Waals surface area contributed by atoms with Gasteiger partial charge in [-0.2, -0.15) is 0 Å². The van der Waals surface area contributed by atoms with E-state index in [2.05, 4.69) is 13.1 Å². The van der Waals surface area contributed by atoms with Crippen molar-refractivity contribution in [1.29, 1.82) is 0 Å². The maximum atomic E-state index is 6.12. The van der Waals surface area contributed by atoms with E-state index in [1.807, 2.05) is 12.1 Å². The molecule has 0 saturated carbocycles. The SMILES string of the molecule is COc1cc(OC)c([Si](C)(C)C[Si](Cl)(Cl)Cl)c(OC)c1. The first kappa shape index (κ1) is 18.0. The van der Waals surface area contributed by atoms with Gasteiger partial charge in [0.05, 0.1) is 29.4 Å². The van der Waals surface area contributed by atoms with Gasteiger partial charge < -0.3 is 14.2 Å². The fourth-order valence-electron chi connectivity index (χ4n) is 2.26. The highest BCUT2D eigenvalue weighted by molar-refractivity contribution is 7.66. The quantitative estimate of drug-likeness (QED) is 0.560. The lowest BCUT2D eigenvalue weighted by molar-refractivity contribution is 0.379. The Hall–Kier alpha value is -0.0762. The largest absolute Gasteiger partial charge is 0.497 e. The predicted octanol–water partition coefficient (Wildman–Crippen LogP) is 3.82. The molecule has 0 bridgehead atoms. The van der Waals surface area contributed by atoms with Crippen molar-refractivity contribution < 1.29 is 14.2 Å². The summed E-state index contributed by atoms with van der Waals surface area (Å²) in [5, 5.41) is 1.02. The van der Waals surface area contributed by atoms with Gasteiger partial charge in [-0.3, -0.25) is 0 Å². The second kappa shape index (κ2) is 6.79. The highest BCUT2D eigenvalue weighted by atomic mass is 35.8. The molecule has 1 aromatic rings. The van der Waals surface area contributed by atoms with Crippen LogP contribution in [0, 0.1) is 0 Å². The van der Waals surface area contributed by atoms with Gasteiger partial charge in [-0.15, -0.1) is 33.2 Å². The van der Waals surface area contributed by atoms with Crippen LogP contribution in [-0.4, -0.2) is 35.4 Å². The first-order valence-electron chi connectivity index (χ1n) is 6.02. The van der Waals surface area contributed by atoms with E-state index in [0.717, 1.165) is 16.7 Å². The molecular weight excluding hydrogens is 355 g/mol. The van der Waals surface area contributed by atoms with E-state index >= 15 is 0 Å². The van der Waals surface area contributed by atoms with Gasteiger partial charge in [0.25, 0.3) is 0 Å². The van der Waals surface area contributed by atoms with E-state index in [1.165, 1.54) is 0 Å². The van der Waals surface area contributed by atoms with Gasteiger partial charge in [0.1, 0.15) is 17.2 Å². The second-order valence-corrected chi connectivity index (χ2v) is 19.5. The molecule has 8 heteroatoms. The molecule has 0 spiro atoms. The summed E-state index contributed by atoms with van der Waals surface area (Å²) >= 11 is 18.3. The topological polar surface area (TPSA) is 27.7 Å². The molecule has 114 valence electrons. The van der Waals surface area contributed by atoms with Gasteiger partial charge in [0.15, 0.2) is 0 Å². The Bertz CT molecular complexity index is 451. The fourth-order valence-corrected chi connectivity index (χ4v) is 17.7. The molecule has 20 heavy (non-hydrogen) atoms. The van der Waals surface area contributed by atoms with Gasteiger partial charge in [0, 0.05) is 17.3 Å². The molecule has 0 aliphatic rings. The van der Waals surface area contributed by atoms with Crippen LogP contribution in [0.2, 0.25) is 18.8 Å². The van der Waals surface area contributed by atoms with E-state index in [9.17, 15) is 0 Å². The van der Waals surface area contributed by atoms with E-state index in [4.69, 9.17) is 47.4 Å². The molecule has 0 aliphatic heterocycles. The lowest BCUT2D eigenvalue weighted by Crippen LogP contribution is -2.46. The van der Waals surface area contributed by atoms with Gasteiger partial charge in [0.2, 0.25) is 0 Å². The Morgan fingerprint density at radius 2 is 1.35 bits per heavy atom. The van der Waals surface area contributed by atoms with E-state index < -0.39 is 14.1 Å². The minimum atomic E-state index is -2.73. The smallest absolute Gasteiger partial charge is 0.339 e. The Morgan fingerprint density at radius 1 is 0.900 bits per heavy atom. The zero-order valence-corrected chi connectivity index (χ0v) is 16.5. The zero-order chi connectivity index (χ0) is 15.6. The maximum Gasteiger partial charge on any atom is 0.339 e. The minimum Gasteiger partial charge on any atom is -0.497 e. The van der Waals surface area contributed by atoms with Crippen LogP contribution in [0.4, 0.5) is 0 Å². The summed E-state index contributed by atoms with van der Waals surface area (Å²) < 4.78 is 16.2. The summed E-state index contributed by atoms with van der Waals surface area (Å²) in [6.45, 7) is 4.30. The van der Waals surface area contributed by atoms with Crippen LogP contribution in [0.3, 0.4) is 0 Å². The molecule has 0 amide bonds. The predicted molar refractivity (Wildman–Crippen MR) is 91.3 cm³/mol. The van der Waals surface area contributed by atoms with Crippen molar-refractivity contribution in [2.24, 2.45) is 0 Å². The molecule has 0 radical (unpaired) electrons. The maximum absolute atomic E-state index is 6.12. The summed E-state index contributed by atoms with van der Waals surface area (Å²) in [6.07, 6.45) is 0. The zero-order valence-electron chi connectivity index (χ0n) is 12.2. The molecule has 0 aromatic heterocycles. The van der Waals surface area contributed by atoms with Crippen molar-refractivity contribution in [2.45, 2.75) is 18.8 Å². The average molecular weight is 374 g/mol. The summed E-state index contributed by atoms with van der Waals surface area (Å²) in [7, 11) is 2.82. The number of ether oxygens (including phenoxy) is 3. The van der Waals surface area contributed by atoms with Crippen LogP contribution >= 0.6 is 33.2 Å². The number of hydrogen-bond acceptors (Lipinski definition) is 3. The van der Waals surface area contributed by atoms with Crippen LogP contribution in [-0.2, 0) is 0 Å². The van der Waals surface area contributed by atoms with Crippen molar-refractivity contribution in [1.82, 2.24) is 0 Å². The molecule has 3 nitrogen and oxygen atoms in total. The Morgan fingerprint density at radius 3 is 1.65 bits per heavy atom. The number of benzene rings is 1. The van der Waals surface area contributed by atoms with Crippen LogP contribution in [0.1, 0.15) is 0 Å². The fraction of sp³-hybridized carbons (Fsp3) is 0.500. The third-order valence-corrected chi connectivity index (χ3v) is 13.6. The number of rotatable bonds is 6. The van der Waals surface area contributed by atoms with Crippen molar-refractivity contribution in [3.8, 4) is 17.2 Å². The van der Waals surface area contributed by atoms with Gasteiger partial charge in [-0.25, -0.2) is 0 Å². The molecule has 0 saturated heterocycles. The third kappa shape index (κ3) is 4.46. The van der Waals surface area contributed by atoms with E-state index in [0.29, 0.717) is 11.4 Å². The molecule has 1 rings (SSSR count). The molecule has 0 heterocycles. The van der Waals surface area contributed by atoms with Crippen LogP contribution in [0.15, 0.2) is 12.1 Å². The number of halogens is 3. The lowest BCUT2D eigenvalue weighted by Gasteiger charge is -2.29. The Kier molecular flexibility index (Phi) is 6.10.